The smallest absolute Gasteiger partial charge is 0.248 e. The molecule has 22 heavy (non-hydrogen) atoms. The van der Waals surface area contributed by atoms with E-state index in [1.165, 1.54) is 18.2 Å². The topological polar surface area (TPSA) is 42.0 Å². The van der Waals surface area contributed by atoms with Crippen LogP contribution in [0.5, 0.6) is 0 Å². The van der Waals surface area contributed by atoms with Gasteiger partial charge in [-0.2, -0.15) is 0 Å². The first-order valence-corrected chi connectivity index (χ1v) is 6.81. The van der Waals surface area contributed by atoms with Crippen LogP contribution in [0.1, 0.15) is 5.56 Å². The fraction of sp³-hybridized carbons (Fsp3) is 0. The third-order valence-corrected chi connectivity index (χ3v) is 3.20. The summed E-state index contributed by atoms with van der Waals surface area (Å²) in [5.41, 5.74) is 2.29. The average Bonchev–Trinajstić information content (AvgIpc) is 2.55. The van der Waals surface area contributed by atoms with Gasteiger partial charge in [-0.05, 0) is 48.0 Å². The lowest BCUT2D eigenvalue weighted by atomic mass is 10.1. The van der Waals surface area contributed by atoms with Gasteiger partial charge in [-0.1, -0.05) is 18.2 Å². The molecule has 0 spiro atoms. The molecular formula is C18H13FN2O. The molecule has 0 fully saturated rings. The third-order valence-electron chi connectivity index (χ3n) is 3.20. The van der Waals surface area contributed by atoms with Crippen molar-refractivity contribution in [3.63, 3.8) is 0 Å². The van der Waals surface area contributed by atoms with Gasteiger partial charge >= 0.3 is 0 Å². The van der Waals surface area contributed by atoms with E-state index in [1.807, 2.05) is 30.3 Å². The van der Waals surface area contributed by atoms with Crippen molar-refractivity contribution in [2.75, 3.05) is 5.32 Å². The molecular weight excluding hydrogens is 279 g/mol. The molecule has 4 heteroatoms. The van der Waals surface area contributed by atoms with Crippen molar-refractivity contribution < 1.29 is 9.18 Å². The highest BCUT2D eigenvalue weighted by molar-refractivity contribution is 6.06. The summed E-state index contributed by atoms with van der Waals surface area (Å²) in [5.74, 6) is -0.550. The number of halogens is 1. The molecule has 0 aliphatic heterocycles. The quantitative estimate of drug-likeness (QED) is 0.741. The molecule has 3 rings (SSSR count). The highest BCUT2D eigenvalue weighted by Gasteiger charge is 2.03. The number of rotatable bonds is 3. The lowest BCUT2D eigenvalue weighted by Crippen LogP contribution is -2.08. The summed E-state index contributed by atoms with van der Waals surface area (Å²) in [7, 11) is 0. The molecule has 108 valence electrons. The second kappa shape index (κ2) is 6.18. The average molecular weight is 292 g/mol. The maximum atomic E-state index is 12.8. The number of hydrogen-bond donors (Lipinski definition) is 1. The van der Waals surface area contributed by atoms with E-state index in [4.69, 9.17) is 0 Å². The Morgan fingerprint density at radius 2 is 1.86 bits per heavy atom. The monoisotopic (exact) mass is 292 g/mol. The first kappa shape index (κ1) is 13.9. The lowest BCUT2D eigenvalue weighted by Gasteiger charge is -2.06. The molecule has 0 radical (unpaired) electrons. The van der Waals surface area contributed by atoms with Crippen LogP contribution in [-0.2, 0) is 4.79 Å². The van der Waals surface area contributed by atoms with Crippen LogP contribution in [0.2, 0.25) is 0 Å². The van der Waals surface area contributed by atoms with Gasteiger partial charge in [-0.25, -0.2) is 4.39 Å². The number of aromatic nitrogens is 1. The van der Waals surface area contributed by atoms with Crippen molar-refractivity contribution in [1.29, 1.82) is 0 Å². The van der Waals surface area contributed by atoms with Gasteiger partial charge in [0.25, 0.3) is 0 Å². The zero-order valence-corrected chi connectivity index (χ0v) is 11.7. The Balaban J connectivity index is 1.77. The molecule has 1 heterocycles. The number of anilines is 1. The highest BCUT2D eigenvalue weighted by Crippen LogP contribution is 2.21. The fourth-order valence-corrected chi connectivity index (χ4v) is 2.13. The Labute approximate surface area is 127 Å². The van der Waals surface area contributed by atoms with Gasteiger partial charge in [-0.15, -0.1) is 0 Å². The number of nitrogens with zero attached hydrogens (tertiary/aromatic N) is 1. The zero-order chi connectivity index (χ0) is 15.4. The van der Waals surface area contributed by atoms with Gasteiger partial charge in [-0.3, -0.25) is 9.78 Å². The molecule has 3 aromatic rings. The lowest BCUT2D eigenvalue weighted by molar-refractivity contribution is -0.111. The summed E-state index contributed by atoms with van der Waals surface area (Å²) in [5, 5.41) is 3.71. The summed E-state index contributed by atoms with van der Waals surface area (Å²) >= 11 is 0. The molecule has 3 nitrogen and oxygen atoms in total. The van der Waals surface area contributed by atoms with Crippen molar-refractivity contribution in [3.8, 4) is 0 Å². The maximum absolute atomic E-state index is 12.8. The number of hydrogen-bond acceptors (Lipinski definition) is 2. The van der Waals surface area contributed by atoms with E-state index in [0.29, 0.717) is 5.69 Å². The van der Waals surface area contributed by atoms with Crippen LogP contribution in [0.3, 0.4) is 0 Å². The second-order valence-electron chi connectivity index (χ2n) is 4.75. The molecule has 2 aromatic carbocycles. The van der Waals surface area contributed by atoms with Gasteiger partial charge in [0, 0.05) is 17.7 Å². The van der Waals surface area contributed by atoms with Crippen LogP contribution in [0.25, 0.3) is 17.0 Å². The minimum Gasteiger partial charge on any atom is -0.322 e. The predicted molar refractivity (Wildman–Crippen MR) is 85.8 cm³/mol. The summed E-state index contributed by atoms with van der Waals surface area (Å²) < 4.78 is 12.8. The summed E-state index contributed by atoms with van der Waals surface area (Å²) in [4.78, 5) is 16.3. The van der Waals surface area contributed by atoms with Gasteiger partial charge in [0.05, 0.1) is 11.2 Å². The number of pyridine rings is 1. The number of benzene rings is 2. The van der Waals surface area contributed by atoms with Gasteiger partial charge < -0.3 is 5.32 Å². The van der Waals surface area contributed by atoms with E-state index >= 15 is 0 Å². The van der Waals surface area contributed by atoms with E-state index in [0.717, 1.165) is 16.5 Å². The second-order valence-corrected chi connectivity index (χ2v) is 4.75. The third kappa shape index (κ3) is 3.17. The Hall–Kier alpha value is -3.01. The fourth-order valence-electron chi connectivity index (χ4n) is 2.13. The van der Waals surface area contributed by atoms with E-state index < -0.39 is 0 Å². The summed E-state index contributed by atoms with van der Waals surface area (Å²) in [6.07, 6.45) is 4.77. The number of nitrogens with one attached hydrogen (secondary N) is 1. The number of fused-ring (bicyclic) bond motifs is 1. The van der Waals surface area contributed by atoms with Gasteiger partial charge in [0.15, 0.2) is 0 Å². The van der Waals surface area contributed by atoms with Crippen molar-refractivity contribution in [3.05, 3.63) is 78.3 Å². The molecule has 0 bridgehead atoms. The first-order valence-electron chi connectivity index (χ1n) is 6.81. The van der Waals surface area contributed by atoms with E-state index in [1.54, 1.807) is 24.4 Å². The minimum absolute atomic E-state index is 0.249. The van der Waals surface area contributed by atoms with Gasteiger partial charge in [0.2, 0.25) is 5.91 Å². The number of carbonyl (C=O) groups excluding carboxylic acids is 1. The SMILES string of the molecule is O=C(/C=C/c1ccc(F)cc1)Nc1cccc2ncccc12. The largest absolute Gasteiger partial charge is 0.322 e. The normalized spacial score (nSPS) is 11.0. The van der Waals surface area contributed by atoms with Crippen molar-refractivity contribution in [2.24, 2.45) is 0 Å². The van der Waals surface area contributed by atoms with E-state index in [9.17, 15) is 9.18 Å². The molecule has 0 saturated heterocycles. The predicted octanol–water partition coefficient (Wildman–Crippen LogP) is 4.03. The maximum Gasteiger partial charge on any atom is 0.248 e. The zero-order valence-electron chi connectivity index (χ0n) is 11.7. The molecule has 1 aromatic heterocycles. The van der Waals surface area contributed by atoms with Crippen molar-refractivity contribution in [1.82, 2.24) is 4.98 Å². The molecule has 1 N–H and O–H groups in total. The Morgan fingerprint density at radius 3 is 2.68 bits per heavy atom. The van der Waals surface area contributed by atoms with Crippen molar-refractivity contribution in [2.45, 2.75) is 0 Å². The van der Waals surface area contributed by atoms with Crippen molar-refractivity contribution >= 4 is 28.6 Å². The molecule has 0 saturated carbocycles. The van der Waals surface area contributed by atoms with E-state index in [2.05, 4.69) is 10.3 Å². The number of amides is 1. The highest BCUT2D eigenvalue weighted by atomic mass is 19.1. The van der Waals surface area contributed by atoms with Crippen LogP contribution < -0.4 is 5.32 Å². The first-order chi connectivity index (χ1) is 10.7. The molecule has 0 atom stereocenters. The molecule has 0 unspecified atom stereocenters. The Morgan fingerprint density at radius 1 is 1.05 bits per heavy atom. The Kier molecular flexibility index (Phi) is 3.92. The Bertz CT molecular complexity index is 836. The van der Waals surface area contributed by atoms with Crippen LogP contribution in [0, 0.1) is 5.82 Å². The molecule has 0 aliphatic rings. The molecule has 0 aliphatic carbocycles. The number of carbonyl (C=O) groups is 1. The van der Waals surface area contributed by atoms with Crippen LogP contribution >= 0.6 is 0 Å². The standard InChI is InChI=1S/C18H13FN2O/c19-14-9-6-13(7-10-14)8-11-18(22)21-17-5-1-4-16-15(17)3-2-12-20-16/h1-12H,(H,21,22)/b11-8+. The van der Waals surface area contributed by atoms with Crippen LogP contribution in [-0.4, -0.2) is 10.9 Å². The molecule has 1 amide bonds. The minimum atomic E-state index is -0.301. The van der Waals surface area contributed by atoms with Crippen LogP contribution in [0.4, 0.5) is 10.1 Å². The summed E-state index contributed by atoms with van der Waals surface area (Å²) in [6, 6.07) is 15.2. The van der Waals surface area contributed by atoms with E-state index in [-0.39, 0.29) is 11.7 Å². The van der Waals surface area contributed by atoms with Crippen LogP contribution in [0.15, 0.2) is 66.9 Å². The van der Waals surface area contributed by atoms with Gasteiger partial charge in [0.1, 0.15) is 5.82 Å². The summed E-state index contributed by atoms with van der Waals surface area (Å²) in [6.45, 7) is 0.